The minimum atomic E-state index is -0.803. The summed E-state index contributed by atoms with van der Waals surface area (Å²) >= 11 is 0. The maximum atomic E-state index is 11.9. The normalized spacial score (nSPS) is 34.8. The molecule has 3 heterocycles. The first kappa shape index (κ1) is 21.2. The van der Waals surface area contributed by atoms with Gasteiger partial charge in [-0.3, -0.25) is 14.5 Å². The van der Waals surface area contributed by atoms with Crippen LogP contribution in [0.2, 0.25) is 0 Å². The molecule has 30 heavy (non-hydrogen) atoms. The van der Waals surface area contributed by atoms with Crippen LogP contribution >= 0.6 is 0 Å². The lowest BCUT2D eigenvalue weighted by molar-refractivity contribution is -0.143. The van der Waals surface area contributed by atoms with Crippen molar-refractivity contribution in [1.29, 1.82) is 0 Å². The third kappa shape index (κ3) is 4.34. The number of aromatic nitrogens is 4. The van der Waals surface area contributed by atoms with E-state index in [-0.39, 0.29) is 12.0 Å². The van der Waals surface area contributed by atoms with E-state index in [0.717, 1.165) is 32.4 Å². The molecule has 4 rings (SSSR count). The van der Waals surface area contributed by atoms with Gasteiger partial charge in [0.1, 0.15) is 12.1 Å². The second-order valence-corrected chi connectivity index (χ2v) is 9.55. The molecule has 3 N–H and O–H groups in total. The number of carboxylic acid groups (broad SMARTS) is 2. The number of carbonyl (C=O) groups is 2. The van der Waals surface area contributed by atoms with E-state index in [1.807, 2.05) is 13.8 Å². The first-order valence-electron chi connectivity index (χ1n) is 11.0. The van der Waals surface area contributed by atoms with Crippen LogP contribution in [0.15, 0.2) is 0 Å². The van der Waals surface area contributed by atoms with Crippen molar-refractivity contribution in [1.82, 2.24) is 30.4 Å². The zero-order valence-corrected chi connectivity index (χ0v) is 17.6. The van der Waals surface area contributed by atoms with Crippen LogP contribution in [0.25, 0.3) is 0 Å². The molecule has 3 aliphatic rings. The molecule has 2 saturated heterocycles. The lowest BCUT2D eigenvalue weighted by Gasteiger charge is -2.42. The van der Waals surface area contributed by atoms with Crippen molar-refractivity contribution in [2.75, 3.05) is 19.6 Å². The molecule has 10 nitrogen and oxygen atoms in total. The second kappa shape index (κ2) is 8.58. The van der Waals surface area contributed by atoms with Crippen LogP contribution in [0, 0.1) is 17.8 Å². The first-order chi connectivity index (χ1) is 14.3. The van der Waals surface area contributed by atoms with E-state index in [1.54, 1.807) is 4.80 Å². The molecule has 1 aromatic rings. The van der Waals surface area contributed by atoms with E-state index >= 15 is 0 Å². The summed E-state index contributed by atoms with van der Waals surface area (Å²) in [4.78, 5) is 26.9. The first-order valence-corrected chi connectivity index (χ1v) is 11.0. The number of hydrogen-bond acceptors (Lipinski definition) is 7. The predicted molar refractivity (Wildman–Crippen MR) is 107 cm³/mol. The van der Waals surface area contributed by atoms with Gasteiger partial charge >= 0.3 is 11.9 Å². The molecule has 0 bridgehead atoms. The fourth-order valence-corrected chi connectivity index (χ4v) is 5.47. The van der Waals surface area contributed by atoms with Gasteiger partial charge in [0.05, 0.1) is 6.04 Å². The summed E-state index contributed by atoms with van der Waals surface area (Å²) in [6.07, 6.45) is 4.26. The van der Waals surface area contributed by atoms with Gasteiger partial charge in [-0.1, -0.05) is 13.8 Å². The van der Waals surface area contributed by atoms with Gasteiger partial charge in [-0.05, 0) is 61.6 Å². The fraction of sp³-hybridized carbons (Fsp3) is 0.850. The summed E-state index contributed by atoms with van der Waals surface area (Å²) < 4.78 is 0. The maximum absolute atomic E-state index is 11.9. The number of nitrogens with zero attached hydrogens (tertiary/aromatic N) is 5. The molecule has 3 fully saturated rings. The van der Waals surface area contributed by atoms with E-state index in [9.17, 15) is 19.8 Å². The molecule has 166 valence electrons. The van der Waals surface area contributed by atoms with Crippen molar-refractivity contribution in [3.8, 4) is 0 Å². The Morgan fingerprint density at radius 1 is 1.13 bits per heavy atom. The maximum Gasteiger partial charge on any atom is 0.321 e. The minimum absolute atomic E-state index is 0.0855. The highest BCUT2D eigenvalue weighted by Crippen LogP contribution is 2.40. The number of hydrogen-bond donors (Lipinski definition) is 3. The number of fused-ring (bicyclic) bond motifs is 1. The van der Waals surface area contributed by atoms with Crippen LogP contribution in [0.4, 0.5) is 0 Å². The number of aliphatic carboxylic acids is 2. The van der Waals surface area contributed by atoms with Gasteiger partial charge in [-0.25, -0.2) is 0 Å². The van der Waals surface area contributed by atoms with E-state index in [4.69, 9.17) is 0 Å². The predicted octanol–water partition coefficient (Wildman–Crippen LogP) is 0.976. The molecule has 1 aliphatic carbocycles. The Morgan fingerprint density at radius 2 is 1.93 bits per heavy atom. The molecule has 2 aliphatic heterocycles. The summed E-state index contributed by atoms with van der Waals surface area (Å²) in [6.45, 7) is 6.12. The SMILES string of the molecule is CC(C)c1nnn(C2CC(C(=O)O)N(CC3CCC4CNC(C(=O)O)CC4C3)C2)n1. The topological polar surface area (TPSA) is 133 Å². The van der Waals surface area contributed by atoms with Crippen molar-refractivity contribution >= 4 is 11.9 Å². The van der Waals surface area contributed by atoms with Crippen LogP contribution in [0.3, 0.4) is 0 Å². The summed E-state index contributed by atoms with van der Waals surface area (Å²) in [5.74, 6) is 0.618. The van der Waals surface area contributed by atoms with Crippen LogP contribution < -0.4 is 5.32 Å². The van der Waals surface area contributed by atoms with E-state index < -0.39 is 24.0 Å². The summed E-state index contributed by atoms with van der Waals surface area (Å²) in [7, 11) is 0. The third-order valence-corrected chi connectivity index (χ3v) is 7.16. The van der Waals surface area contributed by atoms with Gasteiger partial charge in [-0.2, -0.15) is 4.80 Å². The van der Waals surface area contributed by atoms with Crippen molar-refractivity contribution in [3.05, 3.63) is 5.82 Å². The van der Waals surface area contributed by atoms with Gasteiger partial charge < -0.3 is 15.5 Å². The van der Waals surface area contributed by atoms with Crippen LogP contribution in [-0.4, -0.2) is 79.0 Å². The Labute approximate surface area is 176 Å². The van der Waals surface area contributed by atoms with E-state index in [1.165, 1.54) is 0 Å². The Kier molecular flexibility index (Phi) is 6.06. The van der Waals surface area contributed by atoms with Crippen molar-refractivity contribution < 1.29 is 19.8 Å². The van der Waals surface area contributed by atoms with Gasteiger partial charge in [0, 0.05) is 19.0 Å². The summed E-state index contributed by atoms with van der Waals surface area (Å²) in [6, 6.07) is -1.08. The Bertz CT molecular complexity index is 783. The lowest BCUT2D eigenvalue weighted by atomic mass is 9.69. The molecule has 1 aromatic heterocycles. The number of piperidine rings is 1. The molecule has 0 amide bonds. The average molecular weight is 421 g/mol. The van der Waals surface area contributed by atoms with Crippen LogP contribution in [0.1, 0.15) is 63.7 Å². The zero-order valence-electron chi connectivity index (χ0n) is 17.6. The van der Waals surface area contributed by atoms with Gasteiger partial charge in [0.25, 0.3) is 0 Å². The molecule has 10 heteroatoms. The Balaban J connectivity index is 1.40. The standard InChI is InChI=1S/C20H32N6O4/c1-11(2)18-22-24-26(23-18)15-7-17(20(29)30)25(10-15)9-12-3-4-13-8-21-16(19(27)28)6-14(13)5-12/h11-17,21H,3-10H2,1-2H3,(H,27,28)(H,29,30). The van der Waals surface area contributed by atoms with Crippen molar-refractivity contribution in [2.24, 2.45) is 17.8 Å². The zero-order chi connectivity index (χ0) is 21.4. The fourth-order valence-electron chi connectivity index (χ4n) is 5.47. The van der Waals surface area contributed by atoms with Crippen LogP contribution in [-0.2, 0) is 9.59 Å². The van der Waals surface area contributed by atoms with Gasteiger partial charge in [-0.15, -0.1) is 10.2 Å². The van der Waals surface area contributed by atoms with E-state index in [0.29, 0.717) is 43.0 Å². The smallest absolute Gasteiger partial charge is 0.321 e. The van der Waals surface area contributed by atoms with Crippen molar-refractivity contribution in [3.63, 3.8) is 0 Å². The second-order valence-electron chi connectivity index (χ2n) is 9.55. The number of likely N-dealkylation sites (tertiary alicyclic amines) is 1. The van der Waals surface area contributed by atoms with Crippen molar-refractivity contribution in [2.45, 2.75) is 70.0 Å². The largest absolute Gasteiger partial charge is 0.480 e. The quantitative estimate of drug-likeness (QED) is 0.615. The van der Waals surface area contributed by atoms with Gasteiger partial charge in [0.2, 0.25) is 0 Å². The molecule has 1 saturated carbocycles. The number of carboxylic acids is 2. The molecule has 0 radical (unpaired) electrons. The molecule has 0 spiro atoms. The Hall–Kier alpha value is -2.07. The Morgan fingerprint density at radius 3 is 2.60 bits per heavy atom. The molecular weight excluding hydrogens is 388 g/mol. The summed E-state index contributed by atoms with van der Waals surface area (Å²) in [5, 5.41) is 35.0. The lowest BCUT2D eigenvalue weighted by Crippen LogP contribution is -2.50. The molecule has 0 aromatic carbocycles. The highest BCUT2D eigenvalue weighted by Gasteiger charge is 2.42. The average Bonchev–Trinajstić information content (AvgIpc) is 3.34. The van der Waals surface area contributed by atoms with Gasteiger partial charge in [0.15, 0.2) is 5.82 Å². The summed E-state index contributed by atoms with van der Waals surface area (Å²) in [5.41, 5.74) is 0. The highest BCUT2D eigenvalue weighted by molar-refractivity contribution is 5.74. The number of tetrazole rings is 1. The number of rotatable bonds is 6. The van der Waals surface area contributed by atoms with Crippen LogP contribution in [0.5, 0.6) is 0 Å². The third-order valence-electron chi connectivity index (χ3n) is 7.16. The molecular formula is C20H32N6O4. The minimum Gasteiger partial charge on any atom is -0.480 e. The highest BCUT2D eigenvalue weighted by atomic mass is 16.4. The molecule has 6 unspecified atom stereocenters. The monoisotopic (exact) mass is 420 g/mol. The molecule has 6 atom stereocenters. The number of nitrogens with one attached hydrogen (secondary N) is 1. The van der Waals surface area contributed by atoms with E-state index in [2.05, 4.69) is 25.6 Å².